The fourth-order valence-electron chi connectivity index (χ4n) is 2.36. The molecule has 21 heavy (non-hydrogen) atoms. The topological polar surface area (TPSA) is 62.3 Å². The lowest BCUT2D eigenvalue weighted by Crippen LogP contribution is -2.28. The van der Waals surface area contributed by atoms with E-state index in [4.69, 9.17) is 0 Å². The van der Waals surface area contributed by atoms with Gasteiger partial charge in [-0.2, -0.15) is 0 Å². The van der Waals surface area contributed by atoms with Crippen molar-refractivity contribution < 1.29 is 9.59 Å². The number of nitrogens with zero attached hydrogens (tertiary/aromatic N) is 2. The third-order valence-corrected chi connectivity index (χ3v) is 4.29. The summed E-state index contributed by atoms with van der Waals surface area (Å²) in [6.07, 6.45) is 0.241. The number of nitrogens with one attached hydrogen (secondary N) is 1. The number of amides is 2. The molecular formula is C15H15N3O2S. The zero-order chi connectivity index (χ0) is 14.8. The largest absolute Gasteiger partial charge is 0.312 e. The first kappa shape index (κ1) is 13.8. The van der Waals surface area contributed by atoms with Crippen LogP contribution in [0.2, 0.25) is 0 Å². The number of hydrogen-bond acceptors (Lipinski definition) is 4. The van der Waals surface area contributed by atoms with E-state index in [0.717, 1.165) is 11.4 Å². The van der Waals surface area contributed by atoms with Crippen LogP contribution >= 0.6 is 11.3 Å². The highest BCUT2D eigenvalue weighted by Crippen LogP contribution is 2.26. The Hall–Kier alpha value is -2.21. The summed E-state index contributed by atoms with van der Waals surface area (Å²) in [5, 5.41) is 5.25. The van der Waals surface area contributed by atoms with Crippen LogP contribution in [-0.2, 0) is 9.59 Å². The minimum Gasteiger partial charge on any atom is -0.312 e. The van der Waals surface area contributed by atoms with Gasteiger partial charge in [0.2, 0.25) is 11.8 Å². The summed E-state index contributed by atoms with van der Waals surface area (Å²) >= 11 is 1.39. The molecule has 0 saturated carbocycles. The molecule has 1 unspecified atom stereocenters. The molecule has 2 heterocycles. The number of thiazole rings is 1. The summed E-state index contributed by atoms with van der Waals surface area (Å²) in [7, 11) is 0. The van der Waals surface area contributed by atoms with Gasteiger partial charge in [0.25, 0.3) is 0 Å². The minimum atomic E-state index is -0.332. The molecule has 1 N–H and O–H groups in total. The quantitative estimate of drug-likeness (QED) is 0.947. The van der Waals surface area contributed by atoms with Crippen molar-refractivity contribution in [2.75, 3.05) is 16.8 Å². The molecule has 1 aliphatic heterocycles. The third-order valence-electron chi connectivity index (χ3n) is 3.41. The Balaban J connectivity index is 1.68. The molecule has 0 spiro atoms. The molecule has 1 saturated heterocycles. The Morgan fingerprint density at radius 1 is 1.38 bits per heavy atom. The van der Waals surface area contributed by atoms with Crippen LogP contribution in [-0.4, -0.2) is 23.3 Å². The van der Waals surface area contributed by atoms with E-state index in [1.165, 1.54) is 11.3 Å². The molecule has 108 valence electrons. The van der Waals surface area contributed by atoms with Crippen LogP contribution in [0.25, 0.3) is 0 Å². The molecular weight excluding hydrogens is 286 g/mol. The van der Waals surface area contributed by atoms with Gasteiger partial charge in [0.1, 0.15) is 0 Å². The molecule has 3 rings (SSSR count). The molecule has 1 atom stereocenters. The second kappa shape index (κ2) is 5.65. The molecule has 2 amide bonds. The first-order valence-electron chi connectivity index (χ1n) is 6.72. The number of aromatic nitrogens is 1. The molecule has 0 radical (unpaired) electrons. The van der Waals surface area contributed by atoms with Crippen LogP contribution in [0.1, 0.15) is 12.1 Å². The lowest BCUT2D eigenvalue weighted by atomic mass is 10.1. The fourth-order valence-corrected chi connectivity index (χ4v) is 3.05. The van der Waals surface area contributed by atoms with Crippen molar-refractivity contribution in [3.05, 3.63) is 41.4 Å². The van der Waals surface area contributed by atoms with Gasteiger partial charge in [-0.1, -0.05) is 18.2 Å². The van der Waals surface area contributed by atoms with E-state index in [2.05, 4.69) is 10.3 Å². The Morgan fingerprint density at radius 2 is 2.14 bits per heavy atom. The molecule has 1 aliphatic rings. The SMILES string of the molecule is Cc1csc(NC(=O)C2CC(=O)N(c3ccccc3)C2)n1. The van der Waals surface area contributed by atoms with Crippen LogP contribution in [0, 0.1) is 12.8 Å². The van der Waals surface area contributed by atoms with E-state index < -0.39 is 0 Å². The zero-order valence-corrected chi connectivity index (χ0v) is 12.4. The molecule has 1 aromatic carbocycles. The number of anilines is 2. The zero-order valence-electron chi connectivity index (χ0n) is 11.6. The van der Waals surface area contributed by atoms with Gasteiger partial charge in [-0.25, -0.2) is 4.98 Å². The summed E-state index contributed by atoms with van der Waals surface area (Å²) in [5.41, 5.74) is 1.71. The number of aryl methyl sites for hydroxylation is 1. The van der Waals surface area contributed by atoms with Crippen molar-refractivity contribution in [3.63, 3.8) is 0 Å². The number of rotatable bonds is 3. The van der Waals surface area contributed by atoms with Crippen molar-refractivity contribution >= 4 is 34.0 Å². The van der Waals surface area contributed by atoms with Crippen LogP contribution in [0.5, 0.6) is 0 Å². The maximum Gasteiger partial charge on any atom is 0.231 e. The first-order valence-corrected chi connectivity index (χ1v) is 7.60. The fraction of sp³-hybridized carbons (Fsp3) is 0.267. The lowest BCUT2D eigenvalue weighted by Gasteiger charge is -2.16. The maximum absolute atomic E-state index is 12.2. The number of carbonyl (C=O) groups excluding carboxylic acids is 2. The van der Waals surface area contributed by atoms with Gasteiger partial charge in [0.15, 0.2) is 5.13 Å². The van der Waals surface area contributed by atoms with Crippen molar-refractivity contribution in [3.8, 4) is 0 Å². The lowest BCUT2D eigenvalue weighted by molar-refractivity contribution is -0.122. The number of benzene rings is 1. The first-order chi connectivity index (χ1) is 10.1. The molecule has 1 aromatic heterocycles. The van der Waals surface area contributed by atoms with Crippen LogP contribution in [0.3, 0.4) is 0 Å². The van der Waals surface area contributed by atoms with Crippen molar-refractivity contribution in [1.82, 2.24) is 4.98 Å². The van der Waals surface area contributed by atoms with Gasteiger partial charge in [-0.3, -0.25) is 9.59 Å². The van der Waals surface area contributed by atoms with E-state index in [9.17, 15) is 9.59 Å². The molecule has 5 nitrogen and oxygen atoms in total. The van der Waals surface area contributed by atoms with Crippen LogP contribution in [0.4, 0.5) is 10.8 Å². The van der Waals surface area contributed by atoms with E-state index in [1.54, 1.807) is 4.90 Å². The minimum absolute atomic E-state index is 0.0170. The van der Waals surface area contributed by atoms with Gasteiger partial charge in [0, 0.05) is 24.0 Å². The second-order valence-electron chi connectivity index (χ2n) is 5.02. The van der Waals surface area contributed by atoms with Gasteiger partial charge < -0.3 is 10.2 Å². The Kier molecular flexibility index (Phi) is 3.70. The number of hydrogen-bond donors (Lipinski definition) is 1. The molecule has 1 fully saturated rings. The highest BCUT2D eigenvalue weighted by Gasteiger charge is 2.35. The Labute approximate surface area is 126 Å². The predicted octanol–water partition coefficient (Wildman–Crippen LogP) is 2.44. The summed E-state index contributed by atoms with van der Waals surface area (Å²) in [6, 6.07) is 9.42. The van der Waals surface area contributed by atoms with Crippen molar-refractivity contribution in [2.24, 2.45) is 5.92 Å². The smallest absolute Gasteiger partial charge is 0.231 e. The van der Waals surface area contributed by atoms with Gasteiger partial charge in [-0.15, -0.1) is 11.3 Å². The predicted molar refractivity (Wildman–Crippen MR) is 82.4 cm³/mol. The summed E-state index contributed by atoms with van der Waals surface area (Å²) < 4.78 is 0. The van der Waals surface area contributed by atoms with E-state index >= 15 is 0 Å². The number of carbonyl (C=O) groups is 2. The van der Waals surface area contributed by atoms with Crippen molar-refractivity contribution in [2.45, 2.75) is 13.3 Å². The van der Waals surface area contributed by atoms with E-state index in [-0.39, 0.29) is 24.2 Å². The average Bonchev–Trinajstić information content (AvgIpc) is 3.06. The summed E-state index contributed by atoms with van der Waals surface area (Å²) in [5.74, 6) is -0.491. The standard InChI is InChI=1S/C15H15N3O2S/c1-10-9-21-15(16-10)17-14(20)11-7-13(19)18(8-11)12-5-3-2-4-6-12/h2-6,9,11H,7-8H2,1H3,(H,16,17,20). The second-order valence-corrected chi connectivity index (χ2v) is 5.88. The molecule has 2 aromatic rings. The average molecular weight is 301 g/mol. The highest BCUT2D eigenvalue weighted by atomic mass is 32.1. The number of para-hydroxylation sites is 1. The van der Waals surface area contributed by atoms with E-state index in [1.807, 2.05) is 42.6 Å². The Bertz CT molecular complexity index is 669. The Morgan fingerprint density at radius 3 is 2.81 bits per heavy atom. The summed E-state index contributed by atoms with van der Waals surface area (Å²) in [6.45, 7) is 2.29. The highest BCUT2D eigenvalue weighted by molar-refractivity contribution is 7.13. The third kappa shape index (κ3) is 2.95. The van der Waals surface area contributed by atoms with Gasteiger partial charge in [0.05, 0.1) is 11.6 Å². The normalized spacial score (nSPS) is 18.0. The molecule has 0 bridgehead atoms. The molecule has 0 aliphatic carbocycles. The van der Waals surface area contributed by atoms with Crippen LogP contribution in [0.15, 0.2) is 35.7 Å². The summed E-state index contributed by atoms with van der Waals surface area (Å²) in [4.78, 5) is 30.2. The van der Waals surface area contributed by atoms with Gasteiger partial charge >= 0.3 is 0 Å². The van der Waals surface area contributed by atoms with E-state index in [0.29, 0.717) is 11.7 Å². The van der Waals surface area contributed by atoms with Crippen molar-refractivity contribution in [1.29, 1.82) is 0 Å². The van der Waals surface area contributed by atoms with Crippen LogP contribution < -0.4 is 10.2 Å². The van der Waals surface area contributed by atoms with Gasteiger partial charge in [-0.05, 0) is 19.1 Å². The maximum atomic E-state index is 12.2. The molecule has 6 heteroatoms. The monoisotopic (exact) mass is 301 g/mol.